The van der Waals surface area contributed by atoms with Gasteiger partial charge in [0.05, 0.1) is 12.6 Å². The third-order valence-corrected chi connectivity index (χ3v) is 6.57. The molecule has 3 amide bonds. The minimum atomic E-state index is -0.729. The van der Waals surface area contributed by atoms with Gasteiger partial charge >= 0.3 is 0 Å². The molecule has 3 unspecified atom stereocenters. The van der Waals surface area contributed by atoms with Crippen molar-refractivity contribution < 1.29 is 19.2 Å². The number of carbonyl (C=O) groups is 4. The molecular formula is C26H38N4O4. The van der Waals surface area contributed by atoms with Crippen molar-refractivity contribution in [2.75, 3.05) is 32.1 Å². The van der Waals surface area contributed by atoms with Gasteiger partial charge in [-0.05, 0) is 48.9 Å². The highest BCUT2D eigenvalue weighted by Gasteiger charge is 2.52. The molecule has 2 aliphatic heterocycles. The van der Waals surface area contributed by atoms with Crippen LogP contribution in [0.3, 0.4) is 0 Å². The van der Waals surface area contributed by atoms with Gasteiger partial charge in [-0.25, -0.2) is 0 Å². The molecule has 1 aromatic rings. The molecule has 34 heavy (non-hydrogen) atoms. The lowest BCUT2D eigenvalue weighted by molar-refractivity contribution is -0.138. The Kier molecular flexibility index (Phi) is 8.00. The van der Waals surface area contributed by atoms with E-state index in [1.165, 1.54) is 0 Å². The molecule has 0 spiro atoms. The van der Waals surface area contributed by atoms with Crippen molar-refractivity contribution in [1.29, 1.82) is 0 Å². The van der Waals surface area contributed by atoms with E-state index in [1.807, 2.05) is 58.8 Å². The van der Waals surface area contributed by atoms with Crippen LogP contribution < -0.4 is 10.2 Å². The zero-order valence-electron chi connectivity index (χ0n) is 21.2. The molecule has 3 rings (SSSR count). The van der Waals surface area contributed by atoms with E-state index in [0.29, 0.717) is 31.4 Å². The number of carbonyl (C=O) groups excluding carboxylic acids is 4. The maximum absolute atomic E-state index is 13.6. The van der Waals surface area contributed by atoms with E-state index in [1.54, 1.807) is 21.9 Å². The fraction of sp³-hybridized carbons (Fsp3) is 0.615. The number of amides is 3. The lowest BCUT2D eigenvalue weighted by Gasteiger charge is -2.29. The van der Waals surface area contributed by atoms with Crippen LogP contribution >= 0.6 is 0 Å². The molecule has 0 aliphatic carbocycles. The van der Waals surface area contributed by atoms with Crippen LogP contribution in [0.5, 0.6) is 0 Å². The van der Waals surface area contributed by atoms with Crippen molar-refractivity contribution in [1.82, 2.24) is 15.1 Å². The molecule has 2 fully saturated rings. The van der Waals surface area contributed by atoms with E-state index in [4.69, 9.17) is 0 Å². The topological polar surface area (TPSA) is 90.0 Å². The summed E-state index contributed by atoms with van der Waals surface area (Å²) in [4.78, 5) is 57.3. The molecule has 2 saturated heterocycles. The molecule has 8 nitrogen and oxygen atoms in total. The number of anilines is 1. The van der Waals surface area contributed by atoms with E-state index in [2.05, 4.69) is 5.32 Å². The zero-order chi connectivity index (χ0) is 25.2. The van der Waals surface area contributed by atoms with Crippen LogP contribution in [0.1, 0.15) is 57.3 Å². The summed E-state index contributed by atoms with van der Waals surface area (Å²) in [5.41, 5.74) is 1.46. The molecule has 0 saturated carbocycles. The molecule has 3 atom stereocenters. The van der Waals surface area contributed by atoms with Crippen molar-refractivity contribution >= 4 is 29.2 Å². The number of hydrogen-bond donors (Lipinski definition) is 1. The predicted molar refractivity (Wildman–Crippen MR) is 132 cm³/mol. The molecule has 186 valence electrons. The number of rotatable bonds is 8. The third-order valence-electron chi connectivity index (χ3n) is 6.57. The Hall–Kier alpha value is -2.90. The molecule has 2 aliphatic rings. The van der Waals surface area contributed by atoms with Crippen LogP contribution in [0.4, 0.5) is 5.69 Å². The highest BCUT2D eigenvalue weighted by atomic mass is 16.2. The van der Waals surface area contributed by atoms with Crippen molar-refractivity contribution in [2.45, 2.75) is 65.1 Å². The van der Waals surface area contributed by atoms with Crippen LogP contribution in [-0.4, -0.2) is 78.6 Å². The second-order valence-electron chi connectivity index (χ2n) is 10.5. The molecular weight excluding hydrogens is 432 g/mol. The number of likely N-dealkylation sites (tertiary alicyclic amines) is 2. The first-order valence-corrected chi connectivity index (χ1v) is 12.2. The molecule has 1 aromatic carbocycles. The van der Waals surface area contributed by atoms with E-state index < -0.39 is 12.1 Å². The van der Waals surface area contributed by atoms with Gasteiger partial charge in [0.2, 0.25) is 11.8 Å². The number of Topliss-reactive ketones (excluding diaryl/α,β-unsaturated/α-hetero) is 1. The van der Waals surface area contributed by atoms with Crippen molar-refractivity contribution in [2.24, 2.45) is 11.8 Å². The van der Waals surface area contributed by atoms with Gasteiger partial charge in [-0.15, -0.1) is 0 Å². The lowest BCUT2D eigenvalue weighted by atomic mass is 10.0. The smallest absolute Gasteiger partial charge is 0.251 e. The summed E-state index contributed by atoms with van der Waals surface area (Å²) in [5, 5.41) is 2.91. The number of nitrogens with one attached hydrogen (secondary N) is 1. The second kappa shape index (κ2) is 10.6. The molecule has 0 aromatic heterocycles. The average molecular weight is 471 g/mol. The predicted octanol–water partition coefficient (Wildman–Crippen LogP) is 2.32. The quantitative estimate of drug-likeness (QED) is 0.630. The molecule has 1 N–H and O–H groups in total. The number of nitrogens with zero attached hydrogens (tertiary/aromatic N) is 3. The Labute approximate surface area is 202 Å². The van der Waals surface area contributed by atoms with Crippen LogP contribution in [0.25, 0.3) is 0 Å². The van der Waals surface area contributed by atoms with Gasteiger partial charge < -0.3 is 20.0 Å². The summed E-state index contributed by atoms with van der Waals surface area (Å²) in [6.07, 6.45) is 1.45. The summed E-state index contributed by atoms with van der Waals surface area (Å²) in [6.45, 7) is 8.42. The molecule has 0 radical (unpaired) electrons. The summed E-state index contributed by atoms with van der Waals surface area (Å²) >= 11 is 0. The zero-order valence-corrected chi connectivity index (χ0v) is 21.2. The maximum Gasteiger partial charge on any atom is 0.251 e. The van der Waals surface area contributed by atoms with Crippen molar-refractivity contribution in [3.05, 3.63) is 29.8 Å². The van der Waals surface area contributed by atoms with Gasteiger partial charge in [-0.3, -0.25) is 19.2 Å². The summed E-state index contributed by atoms with van der Waals surface area (Å²) in [6, 6.07) is 5.59. The number of hydrogen-bond acceptors (Lipinski definition) is 5. The first-order valence-electron chi connectivity index (χ1n) is 12.2. The van der Waals surface area contributed by atoms with Crippen molar-refractivity contribution in [3.63, 3.8) is 0 Å². The third kappa shape index (κ3) is 5.59. The highest BCUT2D eigenvalue weighted by Crippen LogP contribution is 2.31. The van der Waals surface area contributed by atoms with Crippen LogP contribution in [0, 0.1) is 11.8 Å². The average Bonchev–Trinajstić information content (AvgIpc) is 3.33. The minimum Gasteiger partial charge on any atom is -0.378 e. The lowest BCUT2D eigenvalue weighted by Crippen LogP contribution is -2.53. The van der Waals surface area contributed by atoms with E-state index >= 15 is 0 Å². The summed E-state index contributed by atoms with van der Waals surface area (Å²) < 4.78 is 0. The standard InChI is InChI=1S/C26H38N4O4/c1-16(2)13-20(27-25(33)18-7-9-19(10-8-18)28(5)6)26(34)29-12-11-21-24(29)22(31)15-30(21)23(32)14-17(3)4/h7-10,16-17,20-21,24H,11-15H2,1-6H3,(H,27,33). The molecule has 0 bridgehead atoms. The van der Waals surface area contributed by atoms with E-state index in [-0.39, 0.29) is 47.9 Å². The van der Waals surface area contributed by atoms with Gasteiger partial charge in [0, 0.05) is 38.3 Å². The van der Waals surface area contributed by atoms with Crippen LogP contribution in [-0.2, 0) is 14.4 Å². The SMILES string of the molecule is CC(C)CC(=O)N1CC(=O)C2C1CCN2C(=O)C(CC(C)C)NC(=O)c1ccc(N(C)C)cc1. The van der Waals surface area contributed by atoms with Gasteiger partial charge in [-0.1, -0.05) is 27.7 Å². The normalized spacial score (nSPS) is 20.6. The van der Waals surface area contributed by atoms with Crippen LogP contribution in [0.15, 0.2) is 24.3 Å². The second-order valence-corrected chi connectivity index (χ2v) is 10.5. The van der Waals surface area contributed by atoms with E-state index in [0.717, 1.165) is 5.69 Å². The Morgan fingerprint density at radius 2 is 1.68 bits per heavy atom. The fourth-order valence-electron chi connectivity index (χ4n) is 4.90. The first kappa shape index (κ1) is 25.7. The monoisotopic (exact) mass is 470 g/mol. The largest absolute Gasteiger partial charge is 0.378 e. The Balaban J connectivity index is 1.74. The Bertz CT molecular complexity index is 925. The highest BCUT2D eigenvalue weighted by molar-refractivity contribution is 6.01. The Morgan fingerprint density at radius 1 is 1.03 bits per heavy atom. The number of benzene rings is 1. The molecule has 8 heteroatoms. The van der Waals surface area contributed by atoms with Crippen molar-refractivity contribution in [3.8, 4) is 0 Å². The minimum absolute atomic E-state index is 0.0293. The molecule has 2 heterocycles. The fourth-order valence-corrected chi connectivity index (χ4v) is 4.90. The number of fused-ring (bicyclic) bond motifs is 1. The summed E-state index contributed by atoms with van der Waals surface area (Å²) in [5.74, 6) is -0.303. The Morgan fingerprint density at radius 3 is 2.24 bits per heavy atom. The van der Waals surface area contributed by atoms with Gasteiger partial charge in [0.1, 0.15) is 12.1 Å². The maximum atomic E-state index is 13.6. The number of ketones is 1. The van der Waals surface area contributed by atoms with Crippen LogP contribution in [0.2, 0.25) is 0 Å². The van der Waals surface area contributed by atoms with Gasteiger partial charge in [0.15, 0.2) is 5.78 Å². The van der Waals surface area contributed by atoms with Gasteiger partial charge in [-0.2, -0.15) is 0 Å². The first-order chi connectivity index (χ1) is 16.0. The van der Waals surface area contributed by atoms with Gasteiger partial charge in [0.25, 0.3) is 5.91 Å². The van der Waals surface area contributed by atoms with E-state index in [9.17, 15) is 19.2 Å². The summed E-state index contributed by atoms with van der Waals surface area (Å²) in [7, 11) is 3.86.